The highest BCUT2D eigenvalue weighted by Gasteiger charge is 2.14. The average molecular weight is 320 g/mol. The average Bonchev–Trinajstić information content (AvgIpc) is 3.15. The minimum atomic E-state index is 0.605. The van der Waals surface area contributed by atoms with Crippen molar-refractivity contribution in [3.8, 4) is 11.5 Å². The lowest BCUT2D eigenvalue weighted by atomic mass is 10.1. The number of hydrogen-bond donors (Lipinski definition) is 0. The van der Waals surface area contributed by atoms with Crippen LogP contribution in [-0.2, 0) is 0 Å². The smallest absolute Gasteiger partial charge is 0.227 e. The number of aromatic nitrogens is 1. The molecule has 110 valence electrons. The fourth-order valence-electron chi connectivity index (χ4n) is 2.89. The van der Waals surface area contributed by atoms with E-state index in [1.54, 1.807) is 0 Å². The number of benzene rings is 3. The Balaban J connectivity index is 1.81. The third-order valence-electron chi connectivity index (χ3n) is 3.98. The van der Waals surface area contributed by atoms with Crippen molar-refractivity contribution in [3.05, 3.63) is 65.7 Å². The summed E-state index contributed by atoms with van der Waals surface area (Å²) in [6.07, 6.45) is 0. The molecule has 0 spiro atoms. The van der Waals surface area contributed by atoms with Gasteiger partial charge in [0.2, 0.25) is 5.89 Å². The van der Waals surface area contributed by atoms with Gasteiger partial charge in [0.25, 0.3) is 0 Å². The van der Waals surface area contributed by atoms with Crippen LogP contribution in [0.4, 0.5) is 0 Å². The monoisotopic (exact) mass is 319 g/mol. The second-order valence-electron chi connectivity index (χ2n) is 5.42. The number of hydrogen-bond acceptors (Lipinski definition) is 3. The Morgan fingerprint density at radius 2 is 1.65 bits per heavy atom. The van der Waals surface area contributed by atoms with Gasteiger partial charge in [-0.1, -0.05) is 41.9 Å². The number of fused-ring (bicyclic) bond motifs is 4. The van der Waals surface area contributed by atoms with Crippen LogP contribution < -0.4 is 0 Å². The molecule has 5 aromatic rings. The van der Waals surface area contributed by atoms with Gasteiger partial charge in [-0.05, 0) is 24.3 Å². The summed E-state index contributed by atoms with van der Waals surface area (Å²) in [7, 11) is 0. The van der Waals surface area contributed by atoms with E-state index in [1.807, 2.05) is 60.7 Å². The largest absolute Gasteiger partial charge is 0.454 e. The number of rotatable bonds is 1. The van der Waals surface area contributed by atoms with Crippen molar-refractivity contribution >= 4 is 44.6 Å². The maximum absolute atomic E-state index is 6.21. The van der Waals surface area contributed by atoms with E-state index >= 15 is 0 Å². The summed E-state index contributed by atoms with van der Waals surface area (Å²) < 4.78 is 11.8. The summed E-state index contributed by atoms with van der Waals surface area (Å²) in [5, 5.41) is 2.58. The molecule has 23 heavy (non-hydrogen) atoms. The molecule has 0 radical (unpaired) electrons. The normalized spacial score (nSPS) is 11.7. The van der Waals surface area contributed by atoms with E-state index in [-0.39, 0.29) is 0 Å². The zero-order valence-corrected chi connectivity index (χ0v) is 12.7. The van der Waals surface area contributed by atoms with Gasteiger partial charge in [-0.3, -0.25) is 0 Å². The summed E-state index contributed by atoms with van der Waals surface area (Å²) in [6, 6.07) is 19.4. The topological polar surface area (TPSA) is 39.2 Å². The predicted octanol–water partition coefficient (Wildman–Crippen LogP) is 6.05. The Kier molecular flexibility index (Phi) is 2.55. The number of oxazole rings is 1. The van der Waals surface area contributed by atoms with Crippen LogP contribution in [-0.4, -0.2) is 4.98 Å². The van der Waals surface area contributed by atoms with E-state index in [2.05, 4.69) is 4.98 Å². The zero-order valence-electron chi connectivity index (χ0n) is 11.9. The minimum Gasteiger partial charge on any atom is -0.454 e. The maximum atomic E-state index is 6.21. The number of furan rings is 1. The Bertz CT molecular complexity index is 1170. The molecule has 3 nitrogen and oxygen atoms in total. The van der Waals surface area contributed by atoms with Gasteiger partial charge in [0.15, 0.2) is 11.2 Å². The molecule has 0 aliphatic carbocycles. The van der Waals surface area contributed by atoms with Crippen LogP contribution in [0.15, 0.2) is 69.5 Å². The molecule has 2 aromatic heterocycles. The molecular weight excluding hydrogens is 310 g/mol. The van der Waals surface area contributed by atoms with Gasteiger partial charge < -0.3 is 8.83 Å². The van der Waals surface area contributed by atoms with Crippen LogP contribution >= 0.6 is 11.6 Å². The van der Waals surface area contributed by atoms with Crippen LogP contribution in [0.25, 0.3) is 44.5 Å². The van der Waals surface area contributed by atoms with Crippen molar-refractivity contribution in [1.82, 2.24) is 4.98 Å². The molecule has 0 aliphatic heterocycles. The molecule has 0 atom stereocenters. The molecule has 0 saturated carbocycles. The SMILES string of the molecule is Clc1cccc2c1oc1cc3oc(-c4ccccc4)nc3cc12. The summed E-state index contributed by atoms with van der Waals surface area (Å²) in [5.41, 5.74) is 3.90. The molecule has 0 amide bonds. The lowest BCUT2D eigenvalue weighted by Crippen LogP contribution is -1.74. The van der Waals surface area contributed by atoms with Crippen LogP contribution in [0.1, 0.15) is 0 Å². The highest BCUT2D eigenvalue weighted by molar-refractivity contribution is 6.35. The number of para-hydroxylation sites is 1. The first kappa shape index (κ1) is 12.7. The predicted molar refractivity (Wildman–Crippen MR) is 91.7 cm³/mol. The lowest BCUT2D eigenvalue weighted by molar-refractivity contribution is 0.617. The molecule has 3 aromatic carbocycles. The van der Waals surface area contributed by atoms with E-state index in [0.717, 1.165) is 27.4 Å². The van der Waals surface area contributed by atoms with E-state index in [4.69, 9.17) is 20.4 Å². The lowest BCUT2D eigenvalue weighted by Gasteiger charge is -1.91. The molecule has 0 fully saturated rings. The Morgan fingerprint density at radius 1 is 0.783 bits per heavy atom. The molecule has 0 N–H and O–H groups in total. The standard InChI is InChI=1S/C19H10ClNO2/c20-14-8-4-7-12-13-9-15-17(10-16(13)22-18(12)14)23-19(21-15)11-5-2-1-3-6-11/h1-10H. The van der Waals surface area contributed by atoms with Crippen molar-refractivity contribution in [1.29, 1.82) is 0 Å². The molecule has 0 saturated heterocycles. The highest BCUT2D eigenvalue weighted by Crippen LogP contribution is 2.36. The van der Waals surface area contributed by atoms with Crippen LogP contribution in [0.3, 0.4) is 0 Å². The van der Waals surface area contributed by atoms with Gasteiger partial charge in [0.1, 0.15) is 11.1 Å². The summed E-state index contributed by atoms with van der Waals surface area (Å²) in [6.45, 7) is 0. The summed E-state index contributed by atoms with van der Waals surface area (Å²) >= 11 is 6.21. The molecular formula is C19H10ClNO2. The third-order valence-corrected chi connectivity index (χ3v) is 4.28. The van der Waals surface area contributed by atoms with Gasteiger partial charge in [0, 0.05) is 22.4 Å². The van der Waals surface area contributed by atoms with Crippen molar-refractivity contribution in [2.45, 2.75) is 0 Å². The van der Waals surface area contributed by atoms with E-state index in [9.17, 15) is 0 Å². The maximum Gasteiger partial charge on any atom is 0.227 e. The van der Waals surface area contributed by atoms with Gasteiger partial charge >= 0.3 is 0 Å². The van der Waals surface area contributed by atoms with Gasteiger partial charge in [-0.25, -0.2) is 4.98 Å². The first-order chi connectivity index (χ1) is 11.3. The molecule has 0 aliphatic rings. The van der Waals surface area contributed by atoms with Crippen LogP contribution in [0, 0.1) is 0 Å². The van der Waals surface area contributed by atoms with E-state index < -0.39 is 0 Å². The fourth-order valence-corrected chi connectivity index (χ4v) is 3.10. The van der Waals surface area contributed by atoms with Gasteiger partial charge in [-0.15, -0.1) is 0 Å². The van der Waals surface area contributed by atoms with Gasteiger partial charge in [0.05, 0.1) is 5.02 Å². The van der Waals surface area contributed by atoms with Crippen molar-refractivity contribution in [2.24, 2.45) is 0 Å². The highest BCUT2D eigenvalue weighted by atomic mass is 35.5. The quantitative estimate of drug-likeness (QED) is 0.377. The summed E-state index contributed by atoms with van der Waals surface area (Å²) in [5.74, 6) is 0.607. The second-order valence-corrected chi connectivity index (χ2v) is 5.83. The molecule has 0 unspecified atom stereocenters. The van der Waals surface area contributed by atoms with E-state index in [0.29, 0.717) is 22.1 Å². The minimum absolute atomic E-state index is 0.605. The Hall–Kier alpha value is -2.78. The fraction of sp³-hybridized carbons (Fsp3) is 0. The molecule has 4 heteroatoms. The Labute approximate surface area is 136 Å². The molecule has 2 heterocycles. The Morgan fingerprint density at radius 3 is 2.52 bits per heavy atom. The zero-order chi connectivity index (χ0) is 15.4. The van der Waals surface area contributed by atoms with Crippen LogP contribution in [0.2, 0.25) is 5.02 Å². The van der Waals surface area contributed by atoms with Crippen molar-refractivity contribution < 1.29 is 8.83 Å². The number of halogens is 1. The first-order valence-corrected chi connectivity index (χ1v) is 7.64. The number of nitrogens with zero attached hydrogens (tertiary/aromatic N) is 1. The van der Waals surface area contributed by atoms with E-state index in [1.165, 1.54) is 0 Å². The second kappa shape index (κ2) is 4.61. The third kappa shape index (κ3) is 1.87. The molecule has 0 bridgehead atoms. The summed E-state index contributed by atoms with van der Waals surface area (Å²) in [4.78, 5) is 4.60. The molecule has 5 rings (SSSR count). The van der Waals surface area contributed by atoms with Crippen LogP contribution in [0.5, 0.6) is 0 Å². The van der Waals surface area contributed by atoms with Crippen molar-refractivity contribution in [2.75, 3.05) is 0 Å². The first-order valence-electron chi connectivity index (χ1n) is 7.26. The van der Waals surface area contributed by atoms with Crippen molar-refractivity contribution in [3.63, 3.8) is 0 Å². The van der Waals surface area contributed by atoms with Gasteiger partial charge in [-0.2, -0.15) is 0 Å².